The van der Waals surface area contributed by atoms with Gasteiger partial charge in [0.1, 0.15) is 5.69 Å². The lowest BCUT2D eigenvalue weighted by molar-refractivity contribution is 0.0994. The first-order valence-electron chi connectivity index (χ1n) is 8.40. The third-order valence-electron chi connectivity index (χ3n) is 4.63. The molecule has 1 aliphatic heterocycles. The van der Waals surface area contributed by atoms with Gasteiger partial charge in [0, 0.05) is 41.9 Å². The summed E-state index contributed by atoms with van der Waals surface area (Å²) in [4.78, 5) is 21.3. The van der Waals surface area contributed by atoms with E-state index < -0.39 is 17.0 Å². The smallest absolute Gasteiger partial charge is 0.267 e. The Balaban J connectivity index is 2.05. The number of pyridine rings is 1. The number of H-pyrrole nitrogens is 1. The number of anilines is 1. The van der Waals surface area contributed by atoms with Crippen molar-refractivity contribution in [2.24, 2.45) is 5.73 Å². The average Bonchev–Trinajstić information content (AvgIpc) is 3.08. The number of carbonyl (C=O) groups is 1. The molecule has 8 nitrogen and oxygen atoms in total. The quantitative estimate of drug-likeness (QED) is 0.587. The van der Waals surface area contributed by atoms with Crippen LogP contribution in [0, 0.1) is 0 Å². The van der Waals surface area contributed by atoms with Crippen molar-refractivity contribution in [1.82, 2.24) is 9.97 Å². The zero-order chi connectivity index (χ0) is 19.0. The standard InChI is InChI=1S/C18H18N4O4S/c19-18(23)15-16(22-7-9-26-10-8-22)14-13(21-15)2-1-12(17(14)27(24)25)11-3-5-20-6-4-11/h1-6,21H,7-10H2,(H2,19,23)(H,24,25). The number of rotatable bonds is 4. The molecule has 27 heavy (non-hydrogen) atoms. The second kappa shape index (κ2) is 7.10. The molecule has 4 rings (SSSR count). The minimum absolute atomic E-state index is 0.227. The van der Waals surface area contributed by atoms with Crippen LogP contribution in [0.2, 0.25) is 0 Å². The zero-order valence-corrected chi connectivity index (χ0v) is 15.2. The normalized spacial score (nSPS) is 15.8. The Hall–Kier alpha value is -2.75. The van der Waals surface area contributed by atoms with E-state index in [4.69, 9.17) is 10.5 Å². The Bertz CT molecular complexity index is 1030. The fourth-order valence-electron chi connectivity index (χ4n) is 3.46. The van der Waals surface area contributed by atoms with Crippen molar-refractivity contribution in [3.8, 4) is 11.1 Å². The van der Waals surface area contributed by atoms with E-state index in [2.05, 4.69) is 9.97 Å². The average molecular weight is 386 g/mol. The van der Waals surface area contributed by atoms with E-state index >= 15 is 0 Å². The first kappa shape index (κ1) is 17.7. The number of benzene rings is 1. The van der Waals surface area contributed by atoms with Crippen molar-refractivity contribution >= 4 is 33.6 Å². The number of ether oxygens (including phenoxy) is 1. The van der Waals surface area contributed by atoms with Crippen LogP contribution in [0.15, 0.2) is 41.6 Å². The van der Waals surface area contributed by atoms with Crippen LogP contribution in [-0.4, -0.2) is 50.9 Å². The second-order valence-electron chi connectivity index (χ2n) is 6.16. The number of nitrogens with zero attached hydrogens (tertiary/aromatic N) is 2. The maximum atomic E-state index is 12.3. The summed E-state index contributed by atoms with van der Waals surface area (Å²) >= 11 is -2.28. The highest BCUT2D eigenvalue weighted by Crippen LogP contribution is 2.40. The third-order valence-corrected chi connectivity index (χ3v) is 5.40. The second-order valence-corrected chi connectivity index (χ2v) is 7.07. The highest BCUT2D eigenvalue weighted by atomic mass is 32.2. The molecule has 0 bridgehead atoms. The van der Waals surface area contributed by atoms with Gasteiger partial charge >= 0.3 is 0 Å². The number of hydrogen-bond donors (Lipinski definition) is 3. The van der Waals surface area contributed by atoms with E-state index in [9.17, 15) is 13.6 Å². The minimum atomic E-state index is -2.28. The van der Waals surface area contributed by atoms with Gasteiger partial charge in [-0.25, -0.2) is 4.21 Å². The summed E-state index contributed by atoms with van der Waals surface area (Å²) in [6, 6.07) is 7.09. The highest BCUT2D eigenvalue weighted by molar-refractivity contribution is 7.79. The van der Waals surface area contributed by atoms with Gasteiger partial charge in [0.25, 0.3) is 5.91 Å². The summed E-state index contributed by atoms with van der Waals surface area (Å²) in [6.45, 7) is 2.13. The summed E-state index contributed by atoms with van der Waals surface area (Å²) < 4.78 is 27.9. The molecule has 4 N–H and O–H groups in total. The van der Waals surface area contributed by atoms with Gasteiger partial charge in [-0.05, 0) is 23.8 Å². The predicted octanol–water partition coefficient (Wildman–Crippen LogP) is 1.75. The zero-order valence-electron chi connectivity index (χ0n) is 14.3. The lowest BCUT2D eigenvalue weighted by Gasteiger charge is -2.29. The number of amides is 1. The van der Waals surface area contributed by atoms with Crippen LogP contribution in [0.25, 0.3) is 22.0 Å². The maximum Gasteiger partial charge on any atom is 0.267 e. The number of aromatic nitrogens is 2. The summed E-state index contributed by atoms with van der Waals surface area (Å²) in [5.41, 5.74) is 8.32. The number of carbonyl (C=O) groups excluding carboxylic acids is 1. The lowest BCUT2D eigenvalue weighted by atomic mass is 10.0. The first-order valence-corrected chi connectivity index (χ1v) is 9.51. The van der Waals surface area contributed by atoms with E-state index in [1.54, 1.807) is 36.7 Å². The number of nitrogens with one attached hydrogen (secondary N) is 1. The van der Waals surface area contributed by atoms with Gasteiger partial charge in [-0.2, -0.15) is 0 Å². The molecule has 1 atom stereocenters. The molecular formula is C18H18N4O4S. The molecule has 3 aromatic rings. The number of fused-ring (bicyclic) bond motifs is 1. The molecule has 1 aliphatic rings. The minimum Gasteiger partial charge on any atom is -0.378 e. The van der Waals surface area contributed by atoms with Crippen LogP contribution in [0.4, 0.5) is 5.69 Å². The Morgan fingerprint density at radius 1 is 1.22 bits per heavy atom. The molecule has 0 aliphatic carbocycles. The van der Waals surface area contributed by atoms with E-state index in [0.717, 1.165) is 5.56 Å². The number of morpholine rings is 1. The molecule has 140 valence electrons. The molecule has 0 radical (unpaired) electrons. The topological polar surface area (TPSA) is 122 Å². The van der Waals surface area contributed by atoms with Crippen molar-refractivity contribution < 1.29 is 18.3 Å². The summed E-state index contributed by atoms with van der Waals surface area (Å²) in [7, 11) is 0. The molecule has 3 heterocycles. The van der Waals surface area contributed by atoms with Gasteiger partial charge in [0.15, 0.2) is 11.1 Å². The monoisotopic (exact) mass is 386 g/mol. The summed E-state index contributed by atoms with van der Waals surface area (Å²) in [5, 5.41) is 0.529. The van der Waals surface area contributed by atoms with Crippen LogP contribution in [0.5, 0.6) is 0 Å². The third kappa shape index (κ3) is 3.09. The predicted molar refractivity (Wildman–Crippen MR) is 102 cm³/mol. The van der Waals surface area contributed by atoms with Crippen LogP contribution in [0.3, 0.4) is 0 Å². The van der Waals surface area contributed by atoms with Crippen molar-refractivity contribution in [1.29, 1.82) is 0 Å². The van der Waals surface area contributed by atoms with Gasteiger partial charge in [-0.15, -0.1) is 0 Å². The van der Waals surface area contributed by atoms with E-state index in [0.29, 0.717) is 48.5 Å². The maximum absolute atomic E-state index is 12.3. The van der Waals surface area contributed by atoms with Crippen LogP contribution >= 0.6 is 0 Å². The van der Waals surface area contributed by atoms with Crippen molar-refractivity contribution in [2.45, 2.75) is 4.90 Å². The van der Waals surface area contributed by atoms with E-state index in [-0.39, 0.29) is 10.6 Å². The number of aromatic amines is 1. The number of nitrogens with two attached hydrogens (primary N) is 1. The molecule has 1 aromatic carbocycles. The Morgan fingerprint density at radius 2 is 1.93 bits per heavy atom. The van der Waals surface area contributed by atoms with Gasteiger partial charge in [-0.3, -0.25) is 9.78 Å². The summed E-state index contributed by atoms with van der Waals surface area (Å²) in [6.07, 6.45) is 3.25. The van der Waals surface area contributed by atoms with Crippen LogP contribution in [0.1, 0.15) is 10.5 Å². The Morgan fingerprint density at radius 3 is 2.56 bits per heavy atom. The molecule has 2 aromatic heterocycles. The number of primary amides is 1. The van der Waals surface area contributed by atoms with Crippen molar-refractivity contribution in [2.75, 3.05) is 31.2 Å². The van der Waals surface area contributed by atoms with Gasteiger partial charge < -0.3 is 24.9 Å². The Labute approximate surface area is 157 Å². The highest BCUT2D eigenvalue weighted by Gasteiger charge is 2.27. The molecule has 9 heteroatoms. The Kier molecular flexibility index (Phi) is 4.65. The van der Waals surface area contributed by atoms with Gasteiger partial charge in [-0.1, -0.05) is 6.07 Å². The van der Waals surface area contributed by atoms with Gasteiger partial charge in [0.05, 0.1) is 23.8 Å². The van der Waals surface area contributed by atoms with Crippen LogP contribution in [-0.2, 0) is 15.8 Å². The molecule has 1 unspecified atom stereocenters. The molecular weight excluding hydrogens is 368 g/mol. The molecule has 0 saturated carbocycles. The largest absolute Gasteiger partial charge is 0.378 e. The van der Waals surface area contributed by atoms with E-state index in [1.807, 2.05) is 4.90 Å². The van der Waals surface area contributed by atoms with Gasteiger partial charge in [0.2, 0.25) is 0 Å². The molecule has 0 spiro atoms. The van der Waals surface area contributed by atoms with E-state index in [1.165, 1.54) is 0 Å². The first-order chi connectivity index (χ1) is 13.1. The molecule has 1 amide bonds. The summed E-state index contributed by atoms with van der Waals surface area (Å²) in [5.74, 6) is -0.618. The fourth-order valence-corrected chi connectivity index (χ4v) is 4.22. The molecule has 1 fully saturated rings. The van der Waals surface area contributed by atoms with Crippen molar-refractivity contribution in [3.63, 3.8) is 0 Å². The SMILES string of the molecule is NC(=O)c1[nH]c2ccc(-c3ccncc3)c(S(=O)O)c2c1N1CCOCC1. The molecule has 1 saturated heterocycles. The van der Waals surface area contributed by atoms with Crippen molar-refractivity contribution in [3.05, 3.63) is 42.4 Å². The van der Waals surface area contributed by atoms with Crippen LogP contribution < -0.4 is 10.6 Å². The lowest BCUT2D eigenvalue weighted by Crippen LogP contribution is -2.37. The number of hydrogen-bond acceptors (Lipinski definition) is 5. The fraction of sp³-hybridized carbons (Fsp3) is 0.222.